The van der Waals surface area contributed by atoms with Crippen LogP contribution in [0.3, 0.4) is 0 Å². The highest BCUT2D eigenvalue weighted by Gasteiger charge is 2.19. The van der Waals surface area contributed by atoms with Crippen LogP contribution in [-0.2, 0) is 4.74 Å². The zero-order valence-electron chi connectivity index (χ0n) is 10.1. The molecule has 0 spiro atoms. The molecule has 1 aliphatic heterocycles. The van der Waals surface area contributed by atoms with Crippen molar-refractivity contribution in [1.29, 1.82) is 0 Å². The summed E-state index contributed by atoms with van der Waals surface area (Å²) < 4.78 is 16.3. The van der Waals surface area contributed by atoms with E-state index in [4.69, 9.17) is 14.2 Å². The fourth-order valence-electron chi connectivity index (χ4n) is 1.77. The smallest absolute Gasteiger partial charge is 0.200 e. The minimum Gasteiger partial charge on any atom is -0.493 e. The molecule has 92 valence electrons. The van der Waals surface area contributed by atoms with Crippen molar-refractivity contribution >= 4 is 5.78 Å². The first-order chi connectivity index (χ1) is 8.20. The van der Waals surface area contributed by atoms with Gasteiger partial charge in [0.05, 0.1) is 13.7 Å². The quantitative estimate of drug-likeness (QED) is 0.753. The van der Waals surface area contributed by atoms with Crippen molar-refractivity contribution in [2.75, 3.05) is 13.7 Å². The summed E-state index contributed by atoms with van der Waals surface area (Å²) in [5.74, 6) is 1.18. The highest BCUT2D eigenvalue weighted by molar-refractivity contribution is 5.94. The summed E-state index contributed by atoms with van der Waals surface area (Å²) in [6, 6.07) is 5.16. The Labute approximate surface area is 100 Å². The lowest BCUT2D eigenvalue weighted by molar-refractivity contribution is -0.0403. The maximum Gasteiger partial charge on any atom is 0.200 e. The molecule has 4 heteroatoms. The van der Waals surface area contributed by atoms with Crippen molar-refractivity contribution in [3.05, 3.63) is 23.8 Å². The van der Waals surface area contributed by atoms with Crippen LogP contribution in [0.1, 0.15) is 30.1 Å². The summed E-state index contributed by atoms with van der Waals surface area (Å²) in [5, 5.41) is 0. The van der Waals surface area contributed by atoms with E-state index < -0.39 is 0 Å². The number of methoxy groups -OCH3 is 1. The van der Waals surface area contributed by atoms with Crippen LogP contribution >= 0.6 is 0 Å². The second kappa shape index (κ2) is 5.19. The third-order valence-corrected chi connectivity index (χ3v) is 2.72. The van der Waals surface area contributed by atoms with Crippen molar-refractivity contribution < 1.29 is 19.0 Å². The maximum absolute atomic E-state index is 11.3. The average molecular weight is 236 g/mol. The monoisotopic (exact) mass is 236 g/mol. The minimum absolute atomic E-state index is 0.00448. The van der Waals surface area contributed by atoms with Crippen molar-refractivity contribution in [2.24, 2.45) is 0 Å². The maximum atomic E-state index is 11.3. The first kappa shape index (κ1) is 11.9. The number of carbonyl (C=O) groups is 1. The van der Waals surface area contributed by atoms with Gasteiger partial charge >= 0.3 is 0 Å². The summed E-state index contributed by atoms with van der Waals surface area (Å²) in [7, 11) is 1.57. The third kappa shape index (κ3) is 2.77. The molecule has 0 amide bonds. The van der Waals surface area contributed by atoms with Crippen LogP contribution in [-0.4, -0.2) is 25.8 Å². The molecule has 1 aromatic rings. The summed E-state index contributed by atoms with van der Waals surface area (Å²) in [5.41, 5.74) is 0.610. The van der Waals surface area contributed by atoms with Gasteiger partial charge in [0.25, 0.3) is 0 Å². The van der Waals surface area contributed by atoms with Crippen LogP contribution in [0.5, 0.6) is 11.5 Å². The molecule has 4 nitrogen and oxygen atoms in total. The van der Waals surface area contributed by atoms with Gasteiger partial charge in [0, 0.05) is 12.0 Å². The number of Topliss-reactive ketones (excluding diaryl/α,β-unsaturated/α-hetero) is 1. The standard InChI is InChI=1S/C13H16O4/c1-9(14)10-5-6-11(15-2)12(8-10)17-13-4-3-7-16-13/h5-6,8,13H,3-4,7H2,1-2H3. The Balaban J connectivity index is 2.21. The zero-order chi connectivity index (χ0) is 12.3. The summed E-state index contributed by atoms with van der Waals surface area (Å²) in [6.45, 7) is 2.25. The van der Waals surface area contributed by atoms with Gasteiger partial charge in [-0.3, -0.25) is 4.79 Å². The van der Waals surface area contributed by atoms with Crippen molar-refractivity contribution in [3.63, 3.8) is 0 Å². The molecular formula is C13H16O4. The third-order valence-electron chi connectivity index (χ3n) is 2.72. The number of carbonyl (C=O) groups excluding carboxylic acids is 1. The Hall–Kier alpha value is -1.55. The summed E-state index contributed by atoms with van der Waals surface area (Å²) in [6.07, 6.45) is 1.64. The molecule has 0 bridgehead atoms. The van der Waals surface area contributed by atoms with Gasteiger partial charge in [-0.2, -0.15) is 0 Å². The van der Waals surface area contributed by atoms with Crippen molar-refractivity contribution in [1.82, 2.24) is 0 Å². The first-order valence-corrected chi connectivity index (χ1v) is 5.68. The number of hydrogen-bond acceptors (Lipinski definition) is 4. The number of rotatable bonds is 4. The number of ether oxygens (including phenoxy) is 3. The summed E-state index contributed by atoms with van der Waals surface area (Å²) in [4.78, 5) is 11.3. The van der Waals surface area contributed by atoms with E-state index in [0.717, 1.165) is 19.4 Å². The Morgan fingerprint density at radius 1 is 1.41 bits per heavy atom. The fourth-order valence-corrected chi connectivity index (χ4v) is 1.77. The van der Waals surface area contributed by atoms with Gasteiger partial charge in [-0.15, -0.1) is 0 Å². The second-order valence-corrected chi connectivity index (χ2v) is 3.98. The lowest BCUT2D eigenvalue weighted by Gasteiger charge is -2.15. The largest absolute Gasteiger partial charge is 0.493 e. The molecular weight excluding hydrogens is 220 g/mol. The van der Waals surface area contributed by atoms with E-state index in [9.17, 15) is 4.79 Å². The van der Waals surface area contributed by atoms with Gasteiger partial charge in [0.15, 0.2) is 23.6 Å². The molecule has 1 saturated heterocycles. The Morgan fingerprint density at radius 3 is 2.82 bits per heavy atom. The fraction of sp³-hybridized carbons (Fsp3) is 0.462. The molecule has 1 aliphatic rings. The van der Waals surface area contributed by atoms with E-state index in [1.54, 1.807) is 25.3 Å². The van der Waals surface area contributed by atoms with E-state index in [1.807, 2.05) is 0 Å². The topological polar surface area (TPSA) is 44.8 Å². The molecule has 2 rings (SSSR count). The van der Waals surface area contributed by atoms with Gasteiger partial charge in [-0.25, -0.2) is 0 Å². The van der Waals surface area contributed by atoms with E-state index in [0.29, 0.717) is 17.1 Å². The molecule has 1 fully saturated rings. The second-order valence-electron chi connectivity index (χ2n) is 3.98. The lowest BCUT2D eigenvalue weighted by Crippen LogP contribution is -2.14. The molecule has 0 aliphatic carbocycles. The van der Waals surface area contributed by atoms with Crippen LogP contribution in [0.15, 0.2) is 18.2 Å². The van der Waals surface area contributed by atoms with Crippen LogP contribution in [0, 0.1) is 0 Å². The van der Waals surface area contributed by atoms with Crippen LogP contribution in [0.2, 0.25) is 0 Å². The normalized spacial score (nSPS) is 19.1. The molecule has 1 atom stereocenters. The predicted octanol–water partition coefficient (Wildman–Crippen LogP) is 2.41. The highest BCUT2D eigenvalue weighted by atomic mass is 16.7. The molecule has 17 heavy (non-hydrogen) atoms. The number of benzene rings is 1. The Bertz CT molecular complexity index is 408. The molecule has 1 unspecified atom stereocenters. The highest BCUT2D eigenvalue weighted by Crippen LogP contribution is 2.30. The molecule has 0 saturated carbocycles. The average Bonchev–Trinajstić information content (AvgIpc) is 2.81. The Morgan fingerprint density at radius 2 is 2.24 bits per heavy atom. The van der Waals surface area contributed by atoms with Gasteiger partial charge < -0.3 is 14.2 Å². The molecule has 1 aromatic carbocycles. The van der Waals surface area contributed by atoms with Gasteiger partial charge in [0.2, 0.25) is 0 Å². The van der Waals surface area contributed by atoms with Crippen LogP contribution in [0.4, 0.5) is 0 Å². The van der Waals surface area contributed by atoms with E-state index in [-0.39, 0.29) is 12.1 Å². The Kier molecular flexibility index (Phi) is 3.64. The molecule has 0 radical (unpaired) electrons. The molecule has 0 aromatic heterocycles. The van der Waals surface area contributed by atoms with Crippen molar-refractivity contribution in [3.8, 4) is 11.5 Å². The zero-order valence-corrected chi connectivity index (χ0v) is 10.1. The minimum atomic E-state index is -0.230. The summed E-state index contributed by atoms with van der Waals surface area (Å²) >= 11 is 0. The van der Waals surface area contributed by atoms with Gasteiger partial charge in [0.1, 0.15) is 0 Å². The van der Waals surface area contributed by atoms with E-state index in [1.165, 1.54) is 6.92 Å². The lowest BCUT2D eigenvalue weighted by atomic mass is 10.1. The van der Waals surface area contributed by atoms with E-state index in [2.05, 4.69) is 0 Å². The van der Waals surface area contributed by atoms with Crippen LogP contribution < -0.4 is 9.47 Å². The number of hydrogen-bond donors (Lipinski definition) is 0. The number of ketones is 1. The molecule has 1 heterocycles. The van der Waals surface area contributed by atoms with Crippen molar-refractivity contribution in [2.45, 2.75) is 26.1 Å². The van der Waals surface area contributed by atoms with Gasteiger partial charge in [-0.1, -0.05) is 0 Å². The van der Waals surface area contributed by atoms with E-state index >= 15 is 0 Å². The SMILES string of the molecule is COc1ccc(C(C)=O)cc1OC1CCCO1. The molecule has 0 N–H and O–H groups in total. The van der Waals surface area contributed by atoms with Crippen LogP contribution in [0.25, 0.3) is 0 Å². The van der Waals surface area contributed by atoms with Gasteiger partial charge in [-0.05, 0) is 31.5 Å². The first-order valence-electron chi connectivity index (χ1n) is 5.68. The predicted molar refractivity (Wildman–Crippen MR) is 62.6 cm³/mol.